The molecule has 3 aromatic rings. The number of ether oxygens (including phenoxy) is 1. The number of hydrogen-bond acceptors (Lipinski definition) is 7. The lowest BCUT2D eigenvalue weighted by atomic mass is 9.91. The summed E-state index contributed by atoms with van der Waals surface area (Å²) in [5.74, 6) is 1.48. The van der Waals surface area contributed by atoms with Crippen molar-refractivity contribution in [2.45, 2.75) is 52.8 Å². The summed E-state index contributed by atoms with van der Waals surface area (Å²) < 4.78 is 11.2. The SMILES string of the molecule is CN[C@H](C)C(=O)N1CCc2c(ccc(-c3noc(-c4ccc(OC(C)C)c(C#N)c4)n3)c2C)C1. The van der Waals surface area contributed by atoms with Crippen LogP contribution in [-0.2, 0) is 17.8 Å². The van der Waals surface area contributed by atoms with Gasteiger partial charge in [0, 0.05) is 24.2 Å². The number of nitriles is 1. The van der Waals surface area contributed by atoms with E-state index in [-0.39, 0.29) is 18.1 Å². The topological polar surface area (TPSA) is 104 Å². The van der Waals surface area contributed by atoms with Crippen LogP contribution in [-0.4, -0.2) is 46.7 Å². The zero-order chi connectivity index (χ0) is 24.4. The molecule has 1 amide bonds. The molecular formula is C26H29N5O3. The molecule has 1 aromatic heterocycles. The number of aromatic nitrogens is 2. The van der Waals surface area contributed by atoms with Crippen molar-refractivity contribution < 1.29 is 14.1 Å². The van der Waals surface area contributed by atoms with E-state index in [1.54, 1.807) is 19.2 Å². The number of carbonyl (C=O) groups excluding carboxylic acids is 1. The van der Waals surface area contributed by atoms with Crippen molar-refractivity contribution in [2.24, 2.45) is 0 Å². The molecule has 0 radical (unpaired) electrons. The van der Waals surface area contributed by atoms with Crippen LogP contribution in [0.2, 0.25) is 0 Å². The van der Waals surface area contributed by atoms with Crippen molar-refractivity contribution >= 4 is 5.91 Å². The molecule has 1 N–H and O–H groups in total. The second-order valence-corrected chi connectivity index (χ2v) is 8.81. The maximum Gasteiger partial charge on any atom is 0.258 e. The van der Waals surface area contributed by atoms with Gasteiger partial charge in [-0.05, 0) is 76.1 Å². The van der Waals surface area contributed by atoms with Crippen LogP contribution in [0.15, 0.2) is 34.9 Å². The molecule has 34 heavy (non-hydrogen) atoms. The summed E-state index contributed by atoms with van der Waals surface area (Å²) in [6.45, 7) is 9.05. The molecule has 1 aliphatic rings. The van der Waals surface area contributed by atoms with E-state index in [1.165, 1.54) is 5.56 Å². The van der Waals surface area contributed by atoms with Crippen molar-refractivity contribution in [1.82, 2.24) is 20.4 Å². The molecule has 2 heterocycles. The first kappa shape index (κ1) is 23.5. The molecule has 2 aromatic carbocycles. The van der Waals surface area contributed by atoms with Crippen LogP contribution in [0, 0.1) is 18.3 Å². The quantitative estimate of drug-likeness (QED) is 0.597. The number of nitrogens with one attached hydrogen (secondary N) is 1. The fourth-order valence-corrected chi connectivity index (χ4v) is 4.23. The van der Waals surface area contributed by atoms with E-state index in [0.717, 1.165) is 23.1 Å². The molecule has 0 spiro atoms. The summed E-state index contributed by atoms with van der Waals surface area (Å²) in [5.41, 5.74) is 5.45. The van der Waals surface area contributed by atoms with Crippen LogP contribution in [0.5, 0.6) is 5.75 Å². The Balaban J connectivity index is 1.59. The van der Waals surface area contributed by atoms with Gasteiger partial charge in [-0.1, -0.05) is 17.3 Å². The average molecular weight is 460 g/mol. The van der Waals surface area contributed by atoms with Crippen LogP contribution in [0.4, 0.5) is 0 Å². The lowest BCUT2D eigenvalue weighted by Crippen LogP contribution is -2.45. The number of nitrogens with zero attached hydrogens (tertiary/aromatic N) is 4. The standard InChI is InChI=1S/C26H29N5O3/c1-15(2)33-23-9-7-18(12-20(23)13-27)25-29-24(30-34-25)22-8-6-19-14-31(26(32)17(4)28-5)11-10-21(19)16(22)3/h6-9,12,15,17,28H,10-11,14H2,1-5H3/t17-/m1/s1. The first-order chi connectivity index (χ1) is 16.3. The highest BCUT2D eigenvalue weighted by molar-refractivity contribution is 5.82. The highest BCUT2D eigenvalue weighted by atomic mass is 16.5. The summed E-state index contributed by atoms with van der Waals surface area (Å²) in [5, 5.41) is 16.7. The largest absolute Gasteiger partial charge is 0.490 e. The number of fused-ring (bicyclic) bond motifs is 1. The van der Waals surface area contributed by atoms with Gasteiger partial charge in [-0.3, -0.25) is 4.79 Å². The first-order valence-electron chi connectivity index (χ1n) is 11.4. The Morgan fingerprint density at radius 1 is 1.26 bits per heavy atom. The number of rotatable bonds is 6. The Hall–Kier alpha value is -3.70. The minimum atomic E-state index is -0.202. The van der Waals surface area contributed by atoms with Crippen LogP contribution in [0.1, 0.15) is 43.0 Å². The van der Waals surface area contributed by atoms with Gasteiger partial charge in [0.1, 0.15) is 11.8 Å². The number of likely N-dealkylation sites (N-methyl/N-ethyl adjacent to an activating group) is 1. The van der Waals surface area contributed by atoms with E-state index < -0.39 is 0 Å². The van der Waals surface area contributed by atoms with Crippen molar-refractivity contribution in [3.05, 3.63) is 52.6 Å². The smallest absolute Gasteiger partial charge is 0.258 e. The second-order valence-electron chi connectivity index (χ2n) is 8.81. The zero-order valence-electron chi connectivity index (χ0n) is 20.2. The van der Waals surface area contributed by atoms with Gasteiger partial charge in [0.2, 0.25) is 11.7 Å². The monoisotopic (exact) mass is 459 g/mol. The third-order valence-electron chi connectivity index (χ3n) is 6.18. The van der Waals surface area contributed by atoms with Gasteiger partial charge in [0.15, 0.2) is 0 Å². The fraction of sp³-hybridized carbons (Fsp3) is 0.385. The van der Waals surface area contributed by atoms with Gasteiger partial charge in [0.05, 0.1) is 17.7 Å². The fourth-order valence-electron chi connectivity index (χ4n) is 4.23. The Bertz CT molecular complexity index is 1260. The molecule has 0 aliphatic carbocycles. The van der Waals surface area contributed by atoms with E-state index in [4.69, 9.17) is 9.26 Å². The molecule has 0 saturated heterocycles. The Labute approximate surface area is 199 Å². The highest BCUT2D eigenvalue weighted by Gasteiger charge is 2.26. The van der Waals surface area contributed by atoms with Gasteiger partial charge in [-0.15, -0.1) is 0 Å². The molecule has 1 atom stereocenters. The van der Waals surface area contributed by atoms with E-state index in [9.17, 15) is 10.1 Å². The summed E-state index contributed by atoms with van der Waals surface area (Å²) in [6.07, 6.45) is 0.752. The molecule has 0 fully saturated rings. The molecule has 8 heteroatoms. The summed E-state index contributed by atoms with van der Waals surface area (Å²) >= 11 is 0. The van der Waals surface area contributed by atoms with Crippen molar-refractivity contribution in [1.29, 1.82) is 5.26 Å². The molecule has 4 rings (SSSR count). The summed E-state index contributed by atoms with van der Waals surface area (Å²) in [6, 6.07) is 11.3. The third-order valence-corrected chi connectivity index (χ3v) is 6.18. The molecule has 8 nitrogen and oxygen atoms in total. The maximum atomic E-state index is 12.6. The number of hydrogen-bond donors (Lipinski definition) is 1. The van der Waals surface area contributed by atoms with Gasteiger partial charge in [0.25, 0.3) is 5.89 Å². The molecule has 176 valence electrons. The number of amides is 1. The van der Waals surface area contributed by atoms with Crippen molar-refractivity contribution in [3.8, 4) is 34.7 Å². The minimum Gasteiger partial charge on any atom is -0.490 e. The Morgan fingerprint density at radius 2 is 2.06 bits per heavy atom. The predicted octanol–water partition coefficient (Wildman–Crippen LogP) is 3.86. The minimum absolute atomic E-state index is 0.0307. The van der Waals surface area contributed by atoms with Gasteiger partial charge in [-0.25, -0.2) is 0 Å². The van der Waals surface area contributed by atoms with E-state index >= 15 is 0 Å². The third kappa shape index (κ3) is 4.52. The Kier molecular flexibility index (Phi) is 6.66. The van der Waals surface area contributed by atoms with Crippen LogP contribution in [0.3, 0.4) is 0 Å². The first-order valence-corrected chi connectivity index (χ1v) is 11.4. The zero-order valence-corrected chi connectivity index (χ0v) is 20.2. The number of carbonyl (C=O) groups is 1. The summed E-state index contributed by atoms with van der Waals surface area (Å²) in [7, 11) is 1.80. The molecule has 0 bridgehead atoms. The van der Waals surface area contributed by atoms with Crippen molar-refractivity contribution in [3.63, 3.8) is 0 Å². The molecular weight excluding hydrogens is 430 g/mol. The second kappa shape index (κ2) is 9.65. The molecule has 1 aliphatic heterocycles. The predicted molar refractivity (Wildman–Crippen MR) is 128 cm³/mol. The normalized spacial score (nSPS) is 14.0. The van der Waals surface area contributed by atoms with E-state index in [2.05, 4.69) is 28.5 Å². The van der Waals surface area contributed by atoms with Gasteiger partial charge >= 0.3 is 0 Å². The van der Waals surface area contributed by atoms with Gasteiger partial charge in [-0.2, -0.15) is 10.2 Å². The van der Waals surface area contributed by atoms with Gasteiger partial charge < -0.3 is 19.5 Å². The average Bonchev–Trinajstić information content (AvgIpc) is 3.33. The molecule has 0 saturated carbocycles. The Morgan fingerprint density at radius 3 is 2.76 bits per heavy atom. The van der Waals surface area contributed by atoms with Crippen LogP contribution >= 0.6 is 0 Å². The van der Waals surface area contributed by atoms with E-state index in [1.807, 2.05) is 43.9 Å². The lowest BCUT2D eigenvalue weighted by molar-refractivity contribution is -0.133. The van der Waals surface area contributed by atoms with Crippen molar-refractivity contribution in [2.75, 3.05) is 13.6 Å². The highest BCUT2D eigenvalue weighted by Crippen LogP contribution is 2.32. The molecule has 0 unspecified atom stereocenters. The maximum absolute atomic E-state index is 12.6. The van der Waals surface area contributed by atoms with E-state index in [0.29, 0.717) is 41.7 Å². The lowest BCUT2D eigenvalue weighted by Gasteiger charge is -2.32. The van der Waals surface area contributed by atoms with Crippen LogP contribution < -0.4 is 10.1 Å². The number of benzene rings is 2. The van der Waals surface area contributed by atoms with Crippen LogP contribution in [0.25, 0.3) is 22.8 Å². The summed E-state index contributed by atoms with van der Waals surface area (Å²) in [4.78, 5) is 19.1.